The molecule has 4 nitrogen and oxygen atoms in total. The van der Waals surface area contributed by atoms with Gasteiger partial charge in [-0.05, 0) is 48.1 Å². The molecule has 2 amide bonds. The zero-order valence-corrected chi connectivity index (χ0v) is 14.6. The lowest BCUT2D eigenvalue weighted by Crippen LogP contribution is -2.25. The Labute approximate surface area is 145 Å². The highest BCUT2D eigenvalue weighted by atomic mass is 32.2. The molecule has 1 unspecified atom stereocenters. The van der Waals surface area contributed by atoms with Crippen molar-refractivity contribution in [1.82, 2.24) is 5.32 Å². The molecular weight excluding hydrogens is 320 g/mol. The number of rotatable bonds is 4. The minimum absolute atomic E-state index is 0.207. The van der Waals surface area contributed by atoms with E-state index in [1.807, 2.05) is 19.1 Å². The lowest BCUT2D eigenvalue weighted by molar-refractivity contribution is -0.118. The fourth-order valence-electron chi connectivity index (χ4n) is 3.10. The van der Waals surface area contributed by atoms with Gasteiger partial charge < -0.3 is 5.73 Å². The quantitative estimate of drug-likeness (QED) is 0.895. The first-order valence-electron chi connectivity index (χ1n) is 7.89. The van der Waals surface area contributed by atoms with Crippen LogP contribution in [0.5, 0.6) is 0 Å². The molecule has 5 heteroatoms. The van der Waals surface area contributed by atoms with Crippen LogP contribution in [0.1, 0.15) is 22.3 Å². The van der Waals surface area contributed by atoms with Crippen LogP contribution in [0.25, 0.3) is 11.1 Å². The zero-order valence-electron chi connectivity index (χ0n) is 13.8. The maximum absolute atomic E-state index is 11.8. The van der Waals surface area contributed by atoms with E-state index in [4.69, 9.17) is 5.73 Å². The van der Waals surface area contributed by atoms with Crippen LogP contribution >= 0.6 is 11.8 Å². The Balaban J connectivity index is 1.96. The molecular formula is C19H20N2O2S. The van der Waals surface area contributed by atoms with E-state index >= 15 is 0 Å². The summed E-state index contributed by atoms with van der Waals surface area (Å²) in [5.41, 5.74) is 12.7. The summed E-state index contributed by atoms with van der Waals surface area (Å²) >= 11 is 1.06. The van der Waals surface area contributed by atoms with Gasteiger partial charge in [-0.15, -0.1) is 0 Å². The van der Waals surface area contributed by atoms with E-state index in [-0.39, 0.29) is 16.4 Å². The van der Waals surface area contributed by atoms with Gasteiger partial charge in [0, 0.05) is 6.54 Å². The predicted octanol–water partition coefficient (Wildman–Crippen LogP) is 3.32. The molecule has 1 heterocycles. The summed E-state index contributed by atoms with van der Waals surface area (Å²) in [5, 5.41) is 1.72. The van der Waals surface area contributed by atoms with Gasteiger partial charge >= 0.3 is 0 Å². The van der Waals surface area contributed by atoms with E-state index in [0.29, 0.717) is 13.0 Å². The van der Waals surface area contributed by atoms with Gasteiger partial charge in [-0.25, -0.2) is 0 Å². The van der Waals surface area contributed by atoms with Crippen LogP contribution in [-0.2, 0) is 17.8 Å². The molecule has 124 valence electrons. The number of hydrogen-bond acceptors (Lipinski definition) is 4. The summed E-state index contributed by atoms with van der Waals surface area (Å²) in [5.74, 6) is -0.207. The number of nitrogens with one attached hydrogen (secondary N) is 1. The zero-order chi connectivity index (χ0) is 17.3. The average molecular weight is 340 g/mol. The molecule has 24 heavy (non-hydrogen) atoms. The topological polar surface area (TPSA) is 72.2 Å². The number of imide groups is 1. The number of hydrogen-bond donors (Lipinski definition) is 2. The number of thioether (sulfide) groups is 1. The van der Waals surface area contributed by atoms with Gasteiger partial charge in [0.1, 0.15) is 0 Å². The standard InChI is InChI=1S/C19H20N2O2S/c1-11-4-3-5-14(8-11)15-7-6-13(12(2)16(15)10-20)9-17-18(22)21-19(23)24-17/h3-8,17H,9-10,20H2,1-2H3,(H,21,22,23). The van der Waals surface area contributed by atoms with Gasteiger partial charge in [0.25, 0.3) is 5.24 Å². The van der Waals surface area contributed by atoms with E-state index < -0.39 is 0 Å². The van der Waals surface area contributed by atoms with E-state index in [9.17, 15) is 9.59 Å². The molecule has 0 aromatic heterocycles. The number of nitrogens with two attached hydrogens (primary N) is 1. The normalized spacial score (nSPS) is 17.2. The van der Waals surface area contributed by atoms with Crippen molar-refractivity contribution in [3.05, 3.63) is 58.7 Å². The van der Waals surface area contributed by atoms with Gasteiger partial charge in [0.05, 0.1) is 5.25 Å². The lowest BCUT2D eigenvalue weighted by Gasteiger charge is -2.17. The van der Waals surface area contributed by atoms with Crippen LogP contribution in [0.4, 0.5) is 4.79 Å². The minimum Gasteiger partial charge on any atom is -0.326 e. The third-order valence-electron chi connectivity index (χ3n) is 4.42. The second-order valence-corrected chi connectivity index (χ2v) is 7.21. The average Bonchev–Trinajstić information content (AvgIpc) is 2.86. The van der Waals surface area contributed by atoms with Crippen molar-refractivity contribution >= 4 is 22.9 Å². The molecule has 2 aromatic rings. The van der Waals surface area contributed by atoms with E-state index in [1.54, 1.807) is 0 Å². The first kappa shape index (κ1) is 16.7. The number of benzene rings is 2. The van der Waals surface area contributed by atoms with Crippen molar-refractivity contribution < 1.29 is 9.59 Å². The molecule has 0 bridgehead atoms. The Hall–Kier alpha value is -2.11. The van der Waals surface area contributed by atoms with E-state index in [0.717, 1.165) is 39.6 Å². The Kier molecular flexibility index (Phi) is 4.73. The highest BCUT2D eigenvalue weighted by molar-refractivity contribution is 8.15. The smallest absolute Gasteiger partial charge is 0.286 e. The fourth-order valence-corrected chi connectivity index (χ4v) is 3.95. The lowest BCUT2D eigenvalue weighted by atomic mass is 9.90. The highest BCUT2D eigenvalue weighted by Crippen LogP contribution is 2.31. The molecule has 3 N–H and O–H groups in total. The van der Waals surface area contributed by atoms with Gasteiger partial charge in [0.2, 0.25) is 5.91 Å². The van der Waals surface area contributed by atoms with Gasteiger partial charge in [-0.2, -0.15) is 0 Å². The van der Waals surface area contributed by atoms with Crippen molar-refractivity contribution in [2.75, 3.05) is 0 Å². The fraction of sp³-hybridized carbons (Fsp3) is 0.263. The molecule has 0 aliphatic carbocycles. The van der Waals surface area contributed by atoms with Crippen molar-refractivity contribution in [3.8, 4) is 11.1 Å². The van der Waals surface area contributed by atoms with Gasteiger partial charge in [0.15, 0.2) is 0 Å². The predicted molar refractivity (Wildman–Crippen MR) is 97.9 cm³/mol. The molecule has 0 saturated carbocycles. The summed E-state index contributed by atoms with van der Waals surface area (Å²) in [6.45, 7) is 4.54. The third-order valence-corrected chi connectivity index (χ3v) is 5.40. The van der Waals surface area contributed by atoms with Crippen LogP contribution in [0.3, 0.4) is 0 Å². The molecule has 0 spiro atoms. The maximum atomic E-state index is 11.8. The summed E-state index contributed by atoms with van der Waals surface area (Å²) < 4.78 is 0. The van der Waals surface area contributed by atoms with Gasteiger partial charge in [-0.1, -0.05) is 53.7 Å². The number of carbonyl (C=O) groups excluding carboxylic acids is 2. The second kappa shape index (κ2) is 6.79. The molecule has 1 aliphatic heterocycles. The molecule has 1 atom stereocenters. The van der Waals surface area contributed by atoms with Crippen molar-refractivity contribution in [3.63, 3.8) is 0 Å². The van der Waals surface area contributed by atoms with Crippen LogP contribution in [0.15, 0.2) is 36.4 Å². The minimum atomic E-state index is -0.355. The summed E-state index contributed by atoms with van der Waals surface area (Å²) in [4.78, 5) is 23.1. The van der Waals surface area contributed by atoms with E-state index in [1.165, 1.54) is 5.56 Å². The summed E-state index contributed by atoms with van der Waals surface area (Å²) in [6.07, 6.45) is 0.537. The van der Waals surface area contributed by atoms with Gasteiger partial charge in [-0.3, -0.25) is 14.9 Å². The molecule has 1 fully saturated rings. The molecule has 0 radical (unpaired) electrons. The molecule has 1 saturated heterocycles. The van der Waals surface area contributed by atoms with E-state index in [2.05, 4.69) is 36.5 Å². The Morgan fingerprint density at radius 2 is 1.96 bits per heavy atom. The van der Waals surface area contributed by atoms with Crippen molar-refractivity contribution in [2.45, 2.75) is 32.1 Å². The first-order chi connectivity index (χ1) is 11.5. The number of carbonyl (C=O) groups is 2. The maximum Gasteiger partial charge on any atom is 0.286 e. The SMILES string of the molecule is Cc1cccc(-c2ccc(CC3SC(=O)NC3=O)c(C)c2CN)c1. The van der Waals surface area contributed by atoms with Crippen LogP contribution in [0.2, 0.25) is 0 Å². The van der Waals surface area contributed by atoms with Crippen LogP contribution in [-0.4, -0.2) is 16.4 Å². The number of amides is 2. The van der Waals surface area contributed by atoms with Crippen molar-refractivity contribution in [1.29, 1.82) is 0 Å². The molecule has 2 aromatic carbocycles. The van der Waals surface area contributed by atoms with Crippen LogP contribution < -0.4 is 11.1 Å². The largest absolute Gasteiger partial charge is 0.326 e. The summed E-state index contributed by atoms with van der Waals surface area (Å²) in [7, 11) is 0. The highest BCUT2D eigenvalue weighted by Gasteiger charge is 2.32. The monoisotopic (exact) mass is 340 g/mol. The molecule has 3 rings (SSSR count). The Bertz CT molecular complexity index is 817. The van der Waals surface area contributed by atoms with Crippen molar-refractivity contribution in [2.24, 2.45) is 5.73 Å². The third kappa shape index (κ3) is 3.23. The van der Waals surface area contributed by atoms with Crippen LogP contribution in [0, 0.1) is 13.8 Å². The molecule has 1 aliphatic rings. The Morgan fingerprint density at radius 1 is 1.17 bits per heavy atom. The number of aryl methyl sites for hydroxylation is 1. The second-order valence-electron chi connectivity index (χ2n) is 6.04. The first-order valence-corrected chi connectivity index (χ1v) is 8.77. The summed E-state index contributed by atoms with van der Waals surface area (Å²) in [6, 6.07) is 12.5. The Morgan fingerprint density at radius 3 is 2.58 bits per heavy atom.